The van der Waals surface area contributed by atoms with Crippen LogP contribution in [-0.4, -0.2) is 71.8 Å². The number of hydrogen-bond acceptors (Lipinski definition) is 3. The number of amides is 2. The Hall–Kier alpha value is -1.79. The molecule has 3 rings (SSSR count). The van der Waals surface area contributed by atoms with Gasteiger partial charge in [0.15, 0.2) is 0 Å². The summed E-state index contributed by atoms with van der Waals surface area (Å²) in [6.45, 7) is 9.29. The lowest BCUT2D eigenvalue weighted by Gasteiger charge is -2.40. The number of piperidine rings is 1. The van der Waals surface area contributed by atoms with Gasteiger partial charge in [-0.15, -0.1) is 12.4 Å². The van der Waals surface area contributed by atoms with Crippen LogP contribution in [0.25, 0.3) is 0 Å². The highest BCUT2D eigenvalue weighted by Gasteiger charge is 2.28. The van der Waals surface area contributed by atoms with Crippen molar-refractivity contribution < 1.29 is 9.59 Å². The topological polar surface area (TPSA) is 43.9 Å². The van der Waals surface area contributed by atoms with Gasteiger partial charge in [-0.25, -0.2) is 0 Å². The molecule has 0 spiro atoms. The van der Waals surface area contributed by atoms with E-state index >= 15 is 0 Å². The fourth-order valence-electron chi connectivity index (χ4n) is 5.15. The molecular weight excluding hydrogens is 517 g/mol. The van der Waals surface area contributed by atoms with Crippen LogP contribution in [0.1, 0.15) is 61.9 Å². The zero-order valence-electron chi connectivity index (χ0n) is 21.6. The monoisotopic (exact) mass is 553 g/mol. The highest BCUT2D eigenvalue weighted by Crippen LogP contribution is 2.30. The van der Waals surface area contributed by atoms with Crippen molar-refractivity contribution in [3.8, 4) is 0 Å². The second kappa shape index (κ2) is 14.2. The molecule has 36 heavy (non-hydrogen) atoms. The molecule has 0 saturated carbocycles. The van der Waals surface area contributed by atoms with Crippen molar-refractivity contribution >= 4 is 47.4 Å². The van der Waals surface area contributed by atoms with Crippen molar-refractivity contribution in [3.05, 3.63) is 69.7 Å². The zero-order chi connectivity index (χ0) is 25.5. The van der Waals surface area contributed by atoms with Crippen molar-refractivity contribution in [2.45, 2.75) is 58.0 Å². The summed E-state index contributed by atoms with van der Waals surface area (Å²) in [4.78, 5) is 31.4. The normalized spacial score (nSPS) is 15.3. The van der Waals surface area contributed by atoms with Gasteiger partial charge in [0.1, 0.15) is 0 Å². The lowest BCUT2D eigenvalue weighted by Crippen LogP contribution is -2.49. The summed E-state index contributed by atoms with van der Waals surface area (Å²) in [5.41, 5.74) is 1.77. The molecular formula is C28H38Cl3N3O2. The van der Waals surface area contributed by atoms with Gasteiger partial charge < -0.3 is 14.7 Å². The summed E-state index contributed by atoms with van der Waals surface area (Å²) in [6.07, 6.45) is 2.87. The summed E-state index contributed by atoms with van der Waals surface area (Å²) in [6, 6.07) is 15.7. The predicted molar refractivity (Wildman–Crippen MR) is 152 cm³/mol. The Morgan fingerprint density at radius 1 is 1.03 bits per heavy atom. The molecule has 1 unspecified atom stereocenters. The van der Waals surface area contributed by atoms with Gasteiger partial charge in [-0.2, -0.15) is 0 Å². The van der Waals surface area contributed by atoms with Crippen molar-refractivity contribution in [3.63, 3.8) is 0 Å². The van der Waals surface area contributed by atoms with Crippen molar-refractivity contribution in [2.75, 3.05) is 33.2 Å². The van der Waals surface area contributed by atoms with Gasteiger partial charge in [-0.3, -0.25) is 9.59 Å². The quantitative estimate of drug-likeness (QED) is 0.361. The van der Waals surface area contributed by atoms with Crippen LogP contribution in [0, 0.1) is 0 Å². The van der Waals surface area contributed by atoms with E-state index in [0.29, 0.717) is 28.2 Å². The van der Waals surface area contributed by atoms with Crippen LogP contribution < -0.4 is 0 Å². The first kappa shape index (κ1) is 30.4. The lowest BCUT2D eigenvalue weighted by atomic mass is 9.93. The number of likely N-dealkylation sites (N-methyl/N-ethyl adjacent to an activating group) is 1. The van der Waals surface area contributed by atoms with E-state index in [1.165, 1.54) is 0 Å². The van der Waals surface area contributed by atoms with E-state index in [1.807, 2.05) is 60.5 Å². The second-order valence-corrected chi connectivity index (χ2v) is 10.6. The smallest absolute Gasteiger partial charge is 0.253 e. The summed E-state index contributed by atoms with van der Waals surface area (Å²) in [5, 5.41) is 1.06. The molecule has 1 atom stereocenters. The summed E-state index contributed by atoms with van der Waals surface area (Å²) < 4.78 is 0. The van der Waals surface area contributed by atoms with E-state index in [2.05, 4.69) is 18.7 Å². The van der Waals surface area contributed by atoms with Crippen LogP contribution in [0.4, 0.5) is 0 Å². The van der Waals surface area contributed by atoms with Gasteiger partial charge in [0.05, 0.1) is 10.0 Å². The standard InChI is InChI=1S/C28H37Cl2N3O2.ClH/c1-20(2)33(21(3)34)25-13-16-32(17-14-25)15-12-24(23-10-11-26(29)27(30)18-23)19-31(4)28(35)22-8-6-5-7-9-22;/h5-11,18,20,24-25H,12-17,19H2,1-4H3;1H. The number of likely N-dealkylation sites (tertiary alicyclic amines) is 1. The fourth-order valence-corrected chi connectivity index (χ4v) is 5.45. The van der Waals surface area contributed by atoms with E-state index in [-0.39, 0.29) is 36.2 Å². The van der Waals surface area contributed by atoms with E-state index in [9.17, 15) is 9.59 Å². The molecule has 2 aromatic rings. The van der Waals surface area contributed by atoms with Crippen molar-refractivity contribution in [2.24, 2.45) is 0 Å². The van der Waals surface area contributed by atoms with Gasteiger partial charge in [-0.05, 0) is 69.5 Å². The van der Waals surface area contributed by atoms with Gasteiger partial charge >= 0.3 is 0 Å². The molecule has 0 radical (unpaired) electrons. The number of nitrogens with zero attached hydrogens (tertiary/aromatic N) is 3. The maximum atomic E-state index is 13.0. The average molecular weight is 555 g/mol. The number of halogens is 3. The van der Waals surface area contributed by atoms with Gasteiger partial charge in [0.2, 0.25) is 5.91 Å². The van der Waals surface area contributed by atoms with Crippen LogP contribution >= 0.6 is 35.6 Å². The van der Waals surface area contributed by atoms with E-state index in [4.69, 9.17) is 23.2 Å². The van der Waals surface area contributed by atoms with Crippen molar-refractivity contribution in [1.29, 1.82) is 0 Å². The number of benzene rings is 2. The maximum Gasteiger partial charge on any atom is 0.253 e. The number of carbonyl (C=O) groups excluding carboxylic acids is 2. The Morgan fingerprint density at radius 3 is 2.22 bits per heavy atom. The SMILES string of the molecule is CC(=O)N(C(C)C)C1CCN(CCC(CN(C)C(=O)c2ccccc2)c2ccc(Cl)c(Cl)c2)CC1.Cl. The average Bonchev–Trinajstić information content (AvgIpc) is 2.84. The Labute approximate surface area is 232 Å². The molecule has 1 saturated heterocycles. The van der Waals surface area contributed by atoms with E-state index < -0.39 is 0 Å². The molecule has 1 aliphatic heterocycles. The molecule has 0 aliphatic carbocycles. The van der Waals surface area contributed by atoms with Crippen LogP contribution in [0.3, 0.4) is 0 Å². The highest BCUT2D eigenvalue weighted by molar-refractivity contribution is 6.42. The first-order valence-electron chi connectivity index (χ1n) is 12.4. The van der Waals surface area contributed by atoms with Crippen molar-refractivity contribution in [1.82, 2.24) is 14.7 Å². The third-order valence-corrected chi connectivity index (χ3v) is 7.68. The molecule has 0 N–H and O–H groups in total. The Bertz CT molecular complexity index is 995. The van der Waals surface area contributed by atoms with E-state index in [1.54, 1.807) is 11.8 Å². The predicted octanol–water partition coefficient (Wildman–Crippen LogP) is 6.38. The minimum Gasteiger partial charge on any atom is -0.341 e. The maximum absolute atomic E-state index is 13.0. The third-order valence-electron chi connectivity index (χ3n) is 6.94. The Kier molecular flexibility index (Phi) is 12.0. The summed E-state index contributed by atoms with van der Waals surface area (Å²) in [5.74, 6) is 0.295. The zero-order valence-corrected chi connectivity index (χ0v) is 24.0. The first-order valence-corrected chi connectivity index (χ1v) is 13.2. The minimum atomic E-state index is 0. The Morgan fingerprint density at radius 2 is 1.67 bits per heavy atom. The van der Waals surface area contributed by atoms with Crippen LogP contribution in [-0.2, 0) is 4.79 Å². The molecule has 1 heterocycles. The number of rotatable bonds is 9. The lowest BCUT2D eigenvalue weighted by molar-refractivity contribution is -0.134. The Balaban J connectivity index is 0.00000456. The molecule has 1 fully saturated rings. The summed E-state index contributed by atoms with van der Waals surface area (Å²) in [7, 11) is 1.85. The highest BCUT2D eigenvalue weighted by atomic mass is 35.5. The summed E-state index contributed by atoms with van der Waals surface area (Å²) >= 11 is 12.5. The van der Waals surface area contributed by atoms with E-state index in [0.717, 1.165) is 44.5 Å². The molecule has 5 nitrogen and oxygen atoms in total. The molecule has 1 aliphatic rings. The molecule has 8 heteroatoms. The van der Waals surface area contributed by atoms with Crippen LogP contribution in [0.5, 0.6) is 0 Å². The second-order valence-electron chi connectivity index (χ2n) is 9.80. The van der Waals surface area contributed by atoms with Gasteiger partial charge in [-0.1, -0.05) is 47.5 Å². The van der Waals surface area contributed by atoms with Crippen LogP contribution in [0.15, 0.2) is 48.5 Å². The molecule has 0 aromatic heterocycles. The first-order chi connectivity index (χ1) is 16.7. The minimum absolute atomic E-state index is 0. The number of carbonyl (C=O) groups is 2. The van der Waals surface area contributed by atoms with Gasteiger partial charge in [0, 0.05) is 57.2 Å². The molecule has 0 bridgehead atoms. The number of hydrogen-bond donors (Lipinski definition) is 0. The fraction of sp³-hybridized carbons (Fsp3) is 0.500. The largest absolute Gasteiger partial charge is 0.341 e. The molecule has 2 amide bonds. The molecule has 198 valence electrons. The molecule has 2 aromatic carbocycles. The third kappa shape index (κ3) is 8.11. The van der Waals surface area contributed by atoms with Crippen LogP contribution in [0.2, 0.25) is 10.0 Å². The van der Waals surface area contributed by atoms with Gasteiger partial charge in [0.25, 0.3) is 5.91 Å².